The average molecular weight is 475 g/mol. The Balaban J connectivity index is 0.00000338. The molecular formula is C19H34IN5O. The summed E-state index contributed by atoms with van der Waals surface area (Å²) in [5, 5.41) is 3.20. The number of benzene rings is 1. The first-order chi connectivity index (χ1) is 12.1. The highest BCUT2D eigenvalue weighted by Gasteiger charge is 2.16. The third kappa shape index (κ3) is 7.99. The van der Waals surface area contributed by atoms with E-state index in [4.69, 9.17) is 10.5 Å². The van der Waals surface area contributed by atoms with Crippen molar-refractivity contribution in [2.75, 3.05) is 57.8 Å². The van der Waals surface area contributed by atoms with Crippen molar-refractivity contribution in [1.82, 2.24) is 10.2 Å². The molecule has 0 saturated carbocycles. The molecule has 1 fully saturated rings. The minimum absolute atomic E-state index is 0. The Kier molecular flexibility index (Phi) is 10.7. The number of methoxy groups -OCH3 is 1. The quantitative estimate of drug-likeness (QED) is 0.262. The molecule has 6 nitrogen and oxygen atoms in total. The number of aliphatic imine (C=N–C) groups is 1. The first-order valence-electron chi connectivity index (χ1n) is 9.23. The van der Waals surface area contributed by atoms with Crippen LogP contribution in [0.1, 0.15) is 20.3 Å². The number of nitrogens with two attached hydrogens (primary N) is 1. The molecule has 0 aliphatic carbocycles. The summed E-state index contributed by atoms with van der Waals surface area (Å²) in [6.07, 6.45) is 1.08. The molecule has 26 heavy (non-hydrogen) atoms. The molecule has 3 N–H and O–H groups in total. The molecule has 0 bridgehead atoms. The fourth-order valence-electron chi connectivity index (χ4n) is 2.88. The van der Waals surface area contributed by atoms with Crippen LogP contribution in [0.25, 0.3) is 0 Å². The number of hydrogen-bond donors (Lipinski definition) is 2. The molecule has 0 unspecified atom stereocenters. The van der Waals surface area contributed by atoms with Gasteiger partial charge in [-0.1, -0.05) is 13.8 Å². The Bertz CT molecular complexity index is 527. The number of nitrogens with zero attached hydrogens (tertiary/aromatic N) is 3. The van der Waals surface area contributed by atoms with Crippen molar-refractivity contribution in [3.63, 3.8) is 0 Å². The Morgan fingerprint density at radius 3 is 2.42 bits per heavy atom. The molecule has 0 amide bonds. The summed E-state index contributed by atoms with van der Waals surface area (Å²) in [5.41, 5.74) is 7.13. The second-order valence-corrected chi connectivity index (χ2v) is 6.93. The molecule has 148 valence electrons. The Morgan fingerprint density at radius 1 is 1.19 bits per heavy atom. The first-order valence-corrected chi connectivity index (χ1v) is 9.23. The average Bonchev–Trinajstić information content (AvgIpc) is 2.64. The molecule has 1 aromatic carbocycles. The van der Waals surface area contributed by atoms with E-state index in [1.807, 2.05) is 12.1 Å². The van der Waals surface area contributed by atoms with E-state index in [1.54, 1.807) is 7.11 Å². The monoisotopic (exact) mass is 475 g/mol. The van der Waals surface area contributed by atoms with Gasteiger partial charge in [-0.25, -0.2) is 0 Å². The molecule has 2 rings (SSSR count). The molecular weight excluding hydrogens is 441 g/mol. The van der Waals surface area contributed by atoms with Crippen molar-refractivity contribution in [2.24, 2.45) is 16.6 Å². The Labute approximate surface area is 175 Å². The van der Waals surface area contributed by atoms with Crippen LogP contribution >= 0.6 is 24.0 Å². The van der Waals surface area contributed by atoms with Crippen LogP contribution in [0.3, 0.4) is 0 Å². The number of guanidine groups is 1. The summed E-state index contributed by atoms with van der Waals surface area (Å²) < 4.78 is 5.22. The van der Waals surface area contributed by atoms with Gasteiger partial charge in [0.25, 0.3) is 0 Å². The standard InChI is InChI=1S/C19H33N5O.HI/c1-16(2)15-22-19(20)21-9-4-10-23-11-13-24(14-12-23)17-5-7-18(25-3)8-6-17;/h5-8,16H,4,9-15H2,1-3H3,(H3,20,21,22);1H. The molecule has 7 heteroatoms. The minimum Gasteiger partial charge on any atom is -0.497 e. The summed E-state index contributed by atoms with van der Waals surface area (Å²) in [6, 6.07) is 8.33. The van der Waals surface area contributed by atoms with Gasteiger partial charge in [-0.3, -0.25) is 9.89 Å². The third-order valence-electron chi connectivity index (χ3n) is 4.39. The number of rotatable bonds is 8. The summed E-state index contributed by atoms with van der Waals surface area (Å²) in [4.78, 5) is 9.27. The van der Waals surface area contributed by atoms with E-state index >= 15 is 0 Å². The maximum Gasteiger partial charge on any atom is 0.188 e. The number of anilines is 1. The third-order valence-corrected chi connectivity index (χ3v) is 4.39. The number of ether oxygens (including phenoxy) is 1. The van der Waals surface area contributed by atoms with Crippen molar-refractivity contribution < 1.29 is 4.74 Å². The largest absolute Gasteiger partial charge is 0.497 e. The zero-order valence-electron chi connectivity index (χ0n) is 16.3. The van der Waals surface area contributed by atoms with Crippen LogP contribution in [0, 0.1) is 5.92 Å². The van der Waals surface area contributed by atoms with Crippen LogP contribution in [-0.2, 0) is 0 Å². The summed E-state index contributed by atoms with van der Waals surface area (Å²) in [7, 11) is 1.70. The van der Waals surface area contributed by atoms with Crippen molar-refractivity contribution in [2.45, 2.75) is 20.3 Å². The summed E-state index contributed by atoms with van der Waals surface area (Å²) >= 11 is 0. The van der Waals surface area contributed by atoms with Gasteiger partial charge in [-0.05, 0) is 43.1 Å². The predicted octanol–water partition coefficient (Wildman–Crippen LogP) is 2.39. The minimum atomic E-state index is 0. The van der Waals surface area contributed by atoms with Crippen LogP contribution < -0.4 is 20.7 Å². The Morgan fingerprint density at radius 2 is 1.85 bits per heavy atom. The number of halogens is 1. The molecule has 1 aliphatic rings. The maximum absolute atomic E-state index is 5.85. The van der Waals surface area contributed by atoms with E-state index in [-0.39, 0.29) is 24.0 Å². The fourth-order valence-corrected chi connectivity index (χ4v) is 2.88. The van der Waals surface area contributed by atoms with E-state index in [2.05, 4.69) is 46.1 Å². The van der Waals surface area contributed by atoms with Gasteiger partial charge in [0.1, 0.15) is 5.75 Å². The molecule has 1 aliphatic heterocycles. The smallest absolute Gasteiger partial charge is 0.188 e. The van der Waals surface area contributed by atoms with E-state index < -0.39 is 0 Å². The van der Waals surface area contributed by atoms with E-state index in [0.29, 0.717) is 11.9 Å². The lowest BCUT2D eigenvalue weighted by atomic mass is 10.2. The molecule has 1 aromatic rings. The number of piperazine rings is 1. The van der Waals surface area contributed by atoms with Gasteiger partial charge in [-0.15, -0.1) is 24.0 Å². The highest BCUT2D eigenvalue weighted by molar-refractivity contribution is 14.0. The number of nitrogens with one attached hydrogen (secondary N) is 1. The second-order valence-electron chi connectivity index (χ2n) is 6.93. The first kappa shape index (κ1) is 22.8. The highest BCUT2D eigenvalue weighted by Crippen LogP contribution is 2.20. The lowest BCUT2D eigenvalue weighted by Crippen LogP contribution is -2.47. The molecule has 0 radical (unpaired) electrons. The molecule has 0 atom stereocenters. The van der Waals surface area contributed by atoms with Gasteiger partial charge >= 0.3 is 0 Å². The van der Waals surface area contributed by atoms with Crippen LogP contribution in [-0.4, -0.2) is 63.8 Å². The lowest BCUT2D eigenvalue weighted by molar-refractivity contribution is 0.255. The van der Waals surface area contributed by atoms with Crippen LogP contribution in [0.4, 0.5) is 5.69 Å². The van der Waals surface area contributed by atoms with Gasteiger partial charge in [0, 0.05) is 45.0 Å². The highest BCUT2D eigenvalue weighted by atomic mass is 127. The molecule has 1 heterocycles. The number of hydrogen-bond acceptors (Lipinski definition) is 4. The molecule has 0 spiro atoms. The second kappa shape index (κ2) is 12.2. The van der Waals surface area contributed by atoms with Crippen molar-refractivity contribution in [3.8, 4) is 5.75 Å². The van der Waals surface area contributed by atoms with Crippen molar-refractivity contribution >= 4 is 35.6 Å². The van der Waals surface area contributed by atoms with Gasteiger partial charge in [-0.2, -0.15) is 0 Å². The van der Waals surface area contributed by atoms with E-state index in [9.17, 15) is 0 Å². The molecule has 1 saturated heterocycles. The zero-order valence-corrected chi connectivity index (χ0v) is 18.6. The topological polar surface area (TPSA) is 66.1 Å². The normalized spacial score (nSPS) is 15.7. The van der Waals surface area contributed by atoms with Crippen LogP contribution in [0.5, 0.6) is 5.75 Å². The van der Waals surface area contributed by atoms with Crippen molar-refractivity contribution in [1.29, 1.82) is 0 Å². The Hall–Kier alpha value is -1.22. The zero-order chi connectivity index (χ0) is 18.1. The van der Waals surface area contributed by atoms with Gasteiger partial charge in [0.05, 0.1) is 7.11 Å². The van der Waals surface area contributed by atoms with Gasteiger partial charge < -0.3 is 20.7 Å². The lowest BCUT2D eigenvalue weighted by Gasteiger charge is -2.36. The van der Waals surface area contributed by atoms with Gasteiger partial charge in [0.15, 0.2) is 5.96 Å². The van der Waals surface area contributed by atoms with E-state index in [0.717, 1.165) is 58.0 Å². The van der Waals surface area contributed by atoms with E-state index in [1.165, 1.54) is 5.69 Å². The maximum atomic E-state index is 5.85. The van der Waals surface area contributed by atoms with Crippen molar-refractivity contribution in [3.05, 3.63) is 24.3 Å². The van der Waals surface area contributed by atoms with Crippen LogP contribution in [0.15, 0.2) is 29.3 Å². The molecule has 0 aromatic heterocycles. The van der Waals surface area contributed by atoms with Crippen LogP contribution in [0.2, 0.25) is 0 Å². The fraction of sp³-hybridized carbons (Fsp3) is 0.632. The summed E-state index contributed by atoms with van der Waals surface area (Å²) in [5.74, 6) is 2.02. The summed E-state index contributed by atoms with van der Waals surface area (Å²) in [6.45, 7) is 11.4. The van der Waals surface area contributed by atoms with Gasteiger partial charge in [0.2, 0.25) is 0 Å². The predicted molar refractivity (Wildman–Crippen MR) is 121 cm³/mol. The SMILES string of the molecule is COc1ccc(N2CCN(CCCNC(N)=NCC(C)C)CC2)cc1.I.